The minimum Gasteiger partial charge on any atom is -0.334 e. The Bertz CT molecular complexity index is 428. The van der Waals surface area contributed by atoms with E-state index >= 15 is 0 Å². The lowest BCUT2D eigenvalue weighted by Crippen LogP contribution is -2.41. The van der Waals surface area contributed by atoms with Crippen molar-refractivity contribution in [1.82, 2.24) is 9.80 Å². The highest BCUT2D eigenvalue weighted by Gasteiger charge is 2.29. The van der Waals surface area contributed by atoms with Gasteiger partial charge in [0.25, 0.3) is 5.91 Å². The fourth-order valence-electron chi connectivity index (χ4n) is 2.66. The van der Waals surface area contributed by atoms with Crippen LogP contribution >= 0.6 is 0 Å². The number of nitrogens with zero attached hydrogens (tertiary/aromatic N) is 2. The van der Waals surface area contributed by atoms with Gasteiger partial charge in [-0.15, -0.1) is 0 Å². The maximum atomic E-state index is 12.5. The van der Waals surface area contributed by atoms with Gasteiger partial charge in [0, 0.05) is 31.2 Å². The van der Waals surface area contributed by atoms with Crippen molar-refractivity contribution in [1.29, 1.82) is 0 Å². The second kappa shape index (κ2) is 6.17. The predicted octanol–water partition coefficient (Wildman–Crippen LogP) is 1.31. The Hall–Kier alpha value is -1.39. The summed E-state index contributed by atoms with van der Waals surface area (Å²) in [7, 11) is 4.11. The molecule has 19 heavy (non-hydrogen) atoms. The van der Waals surface area contributed by atoms with Crippen molar-refractivity contribution in [2.45, 2.75) is 25.4 Å². The highest BCUT2D eigenvalue weighted by Crippen LogP contribution is 2.20. The van der Waals surface area contributed by atoms with Crippen LogP contribution in [0.3, 0.4) is 0 Å². The molecule has 0 radical (unpaired) electrons. The lowest BCUT2D eigenvalue weighted by Gasteiger charge is -2.27. The van der Waals surface area contributed by atoms with Crippen LogP contribution in [-0.2, 0) is 6.54 Å². The summed E-state index contributed by atoms with van der Waals surface area (Å²) in [5, 5.41) is 0. The monoisotopic (exact) mass is 261 g/mol. The molecule has 2 N–H and O–H groups in total. The zero-order valence-electron chi connectivity index (χ0n) is 11.8. The van der Waals surface area contributed by atoms with Crippen molar-refractivity contribution >= 4 is 5.91 Å². The highest BCUT2D eigenvalue weighted by atomic mass is 16.2. The van der Waals surface area contributed by atoms with Gasteiger partial charge in [0.05, 0.1) is 0 Å². The molecule has 0 spiro atoms. The first-order chi connectivity index (χ1) is 9.11. The first-order valence-corrected chi connectivity index (χ1v) is 6.86. The number of likely N-dealkylation sites (tertiary alicyclic amines) is 1. The Morgan fingerprint density at radius 1 is 1.37 bits per heavy atom. The fourth-order valence-corrected chi connectivity index (χ4v) is 2.66. The lowest BCUT2D eigenvalue weighted by atomic mass is 10.1. The minimum absolute atomic E-state index is 0.146. The third-order valence-corrected chi connectivity index (χ3v) is 3.65. The second-order valence-electron chi connectivity index (χ2n) is 5.46. The van der Waals surface area contributed by atoms with Gasteiger partial charge in [-0.2, -0.15) is 0 Å². The number of carbonyl (C=O) groups is 1. The van der Waals surface area contributed by atoms with E-state index in [1.54, 1.807) is 0 Å². The molecule has 0 aromatic heterocycles. The first kappa shape index (κ1) is 14.0. The van der Waals surface area contributed by atoms with Crippen LogP contribution in [0.2, 0.25) is 0 Å². The van der Waals surface area contributed by atoms with Crippen molar-refractivity contribution in [3.05, 3.63) is 35.4 Å². The molecule has 0 bridgehead atoms. The van der Waals surface area contributed by atoms with Crippen LogP contribution in [0.1, 0.15) is 28.8 Å². The van der Waals surface area contributed by atoms with Gasteiger partial charge in [0.15, 0.2) is 0 Å². The van der Waals surface area contributed by atoms with Gasteiger partial charge in [0.1, 0.15) is 0 Å². The first-order valence-electron chi connectivity index (χ1n) is 6.86. The number of rotatable bonds is 4. The number of hydrogen-bond acceptors (Lipinski definition) is 3. The van der Waals surface area contributed by atoms with Gasteiger partial charge < -0.3 is 15.5 Å². The topological polar surface area (TPSA) is 49.6 Å². The summed E-state index contributed by atoms with van der Waals surface area (Å²) >= 11 is 0. The molecule has 1 aliphatic heterocycles. The summed E-state index contributed by atoms with van der Waals surface area (Å²) in [5.74, 6) is 0.146. The van der Waals surface area contributed by atoms with Gasteiger partial charge in [-0.3, -0.25) is 4.79 Å². The number of hydrogen-bond donors (Lipinski definition) is 1. The van der Waals surface area contributed by atoms with Crippen molar-refractivity contribution in [3.63, 3.8) is 0 Å². The van der Waals surface area contributed by atoms with Gasteiger partial charge in [-0.05, 0) is 44.6 Å². The maximum absolute atomic E-state index is 12.5. The van der Waals surface area contributed by atoms with Crippen LogP contribution < -0.4 is 5.73 Å². The molecule has 0 aliphatic carbocycles. The molecule has 1 aromatic carbocycles. The van der Waals surface area contributed by atoms with Crippen LogP contribution in [0.25, 0.3) is 0 Å². The molecule has 104 valence electrons. The van der Waals surface area contributed by atoms with Crippen molar-refractivity contribution < 1.29 is 4.79 Å². The molecule has 1 atom stereocenters. The summed E-state index contributed by atoms with van der Waals surface area (Å²) in [6.45, 7) is 2.32. The van der Waals surface area contributed by atoms with Crippen LogP contribution in [0.4, 0.5) is 0 Å². The molecule has 1 heterocycles. The summed E-state index contributed by atoms with van der Waals surface area (Å²) < 4.78 is 0. The third kappa shape index (κ3) is 3.33. The molecular formula is C15H23N3O. The van der Waals surface area contributed by atoms with Crippen LogP contribution in [0.5, 0.6) is 0 Å². The highest BCUT2D eigenvalue weighted by molar-refractivity contribution is 5.94. The van der Waals surface area contributed by atoms with Crippen LogP contribution in [0, 0.1) is 0 Å². The molecule has 1 aliphatic rings. The average Bonchev–Trinajstić information content (AvgIpc) is 2.85. The van der Waals surface area contributed by atoms with Crippen LogP contribution in [-0.4, -0.2) is 48.9 Å². The summed E-state index contributed by atoms with van der Waals surface area (Å²) in [5.41, 5.74) is 7.40. The smallest absolute Gasteiger partial charge is 0.254 e. The summed E-state index contributed by atoms with van der Waals surface area (Å²) in [6.07, 6.45) is 2.20. The van der Waals surface area contributed by atoms with E-state index in [1.165, 1.54) is 0 Å². The number of benzene rings is 1. The number of carbonyl (C=O) groups excluding carboxylic acids is 1. The number of amides is 1. The molecule has 1 unspecified atom stereocenters. The fraction of sp³-hybridized carbons (Fsp3) is 0.533. The zero-order chi connectivity index (χ0) is 13.8. The van der Waals surface area contributed by atoms with E-state index < -0.39 is 0 Å². The Kier molecular flexibility index (Phi) is 4.56. The van der Waals surface area contributed by atoms with E-state index in [2.05, 4.69) is 19.0 Å². The lowest BCUT2D eigenvalue weighted by molar-refractivity contribution is 0.0716. The van der Waals surface area contributed by atoms with Gasteiger partial charge in [-0.1, -0.05) is 12.1 Å². The molecule has 1 amide bonds. The minimum atomic E-state index is 0.146. The number of nitrogens with two attached hydrogens (primary N) is 1. The largest absolute Gasteiger partial charge is 0.334 e. The Morgan fingerprint density at radius 3 is 2.63 bits per heavy atom. The van der Waals surface area contributed by atoms with Crippen molar-refractivity contribution in [2.24, 2.45) is 5.73 Å². The molecular weight excluding hydrogens is 238 g/mol. The van der Waals surface area contributed by atoms with E-state index in [1.807, 2.05) is 29.2 Å². The molecule has 1 saturated heterocycles. The van der Waals surface area contributed by atoms with E-state index in [0.29, 0.717) is 12.6 Å². The zero-order valence-corrected chi connectivity index (χ0v) is 11.8. The normalized spacial score (nSPS) is 19.2. The molecule has 4 heteroatoms. The quantitative estimate of drug-likeness (QED) is 0.889. The van der Waals surface area contributed by atoms with E-state index in [-0.39, 0.29) is 5.91 Å². The van der Waals surface area contributed by atoms with Crippen LogP contribution in [0.15, 0.2) is 24.3 Å². The van der Waals surface area contributed by atoms with Gasteiger partial charge in [0.2, 0.25) is 0 Å². The summed E-state index contributed by atoms with van der Waals surface area (Å²) in [6, 6.07) is 7.98. The van der Waals surface area contributed by atoms with Gasteiger partial charge in [-0.25, -0.2) is 0 Å². The molecule has 0 saturated carbocycles. The Balaban J connectivity index is 2.09. The van der Waals surface area contributed by atoms with E-state index in [4.69, 9.17) is 5.73 Å². The van der Waals surface area contributed by atoms with E-state index in [0.717, 1.165) is 37.1 Å². The standard InChI is InChI=1S/C15H23N3O/c1-17(2)11-14-4-3-9-18(14)15(19)13-7-5-12(10-16)6-8-13/h5-8,14H,3-4,9-11,16H2,1-2H3. The molecule has 1 aromatic rings. The molecule has 2 rings (SSSR count). The molecule has 4 nitrogen and oxygen atoms in total. The maximum Gasteiger partial charge on any atom is 0.254 e. The Labute approximate surface area is 115 Å². The second-order valence-corrected chi connectivity index (χ2v) is 5.46. The Morgan fingerprint density at radius 2 is 2.05 bits per heavy atom. The third-order valence-electron chi connectivity index (χ3n) is 3.65. The number of likely N-dealkylation sites (N-methyl/N-ethyl adjacent to an activating group) is 1. The van der Waals surface area contributed by atoms with E-state index in [9.17, 15) is 4.79 Å². The summed E-state index contributed by atoms with van der Waals surface area (Å²) in [4.78, 5) is 16.7. The van der Waals surface area contributed by atoms with Crippen molar-refractivity contribution in [3.8, 4) is 0 Å². The average molecular weight is 261 g/mol. The predicted molar refractivity (Wildman–Crippen MR) is 76.9 cm³/mol. The SMILES string of the molecule is CN(C)CC1CCCN1C(=O)c1ccc(CN)cc1. The van der Waals surface area contributed by atoms with Gasteiger partial charge >= 0.3 is 0 Å². The van der Waals surface area contributed by atoms with Crippen molar-refractivity contribution in [2.75, 3.05) is 27.2 Å². The molecule has 1 fully saturated rings.